The molecule has 2 amide bonds. The third kappa shape index (κ3) is 4.72. The summed E-state index contributed by atoms with van der Waals surface area (Å²) in [6.45, 7) is 4.06. The van der Waals surface area contributed by atoms with Gasteiger partial charge in [-0.05, 0) is 37.7 Å². The summed E-state index contributed by atoms with van der Waals surface area (Å²) in [5, 5.41) is 0. The van der Waals surface area contributed by atoms with E-state index in [0.29, 0.717) is 31.7 Å². The van der Waals surface area contributed by atoms with Gasteiger partial charge in [0.2, 0.25) is 5.91 Å². The van der Waals surface area contributed by atoms with Crippen molar-refractivity contribution in [3.05, 3.63) is 35.9 Å². The lowest BCUT2D eigenvalue weighted by atomic mass is 10.1. The van der Waals surface area contributed by atoms with Crippen LogP contribution in [-0.4, -0.2) is 53.5 Å². The summed E-state index contributed by atoms with van der Waals surface area (Å²) in [6, 6.07) is 9.54. The van der Waals surface area contributed by atoms with E-state index >= 15 is 0 Å². The highest BCUT2D eigenvalue weighted by Crippen LogP contribution is 2.30. The molecule has 2 aliphatic rings. The second kappa shape index (κ2) is 7.87. The first-order chi connectivity index (χ1) is 12.0. The molecule has 1 saturated heterocycles. The maximum absolute atomic E-state index is 12.5. The monoisotopic (exact) mass is 345 g/mol. The average molecular weight is 345 g/mol. The fourth-order valence-corrected chi connectivity index (χ4v) is 3.31. The number of amides is 2. The normalized spacial score (nSPS) is 21.0. The Morgan fingerprint density at radius 1 is 1.28 bits per heavy atom. The number of likely N-dealkylation sites (tertiary alicyclic amines) is 1. The molecule has 0 spiro atoms. The Labute approximate surface area is 148 Å². The highest BCUT2D eigenvalue weighted by atomic mass is 16.6. The average Bonchev–Trinajstić information content (AvgIpc) is 3.35. The molecule has 1 saturated carbocycles. The van der Waals surface area contributed by atoms with Crippen molar-refractivity contribution in [2.75, 3.05) is 19.6 Å². The summed E-state index contributed by atoms with van der Waals surface area (Å²) < 4.78 is 5.50. The molecule has 6 nitrogen and oxygen atoms in total. The first-order valence-corrected chi connectivity index (χ1v) is 9.06. The molecule has 6 heteroatoms. The molecule has 1 aromatic carbocycles. The highest BCUT2D eigenvalue weighted by molar-refractivity contribution is 5.81. The lowest BCUT2D eigenvalue weighted by Crippen LogP contribution is -2.42. The van der Waals surface area contributed by atoms with Crippen LogP contribution in [0.2, 0.25) is 0 Å². The topological polar surface area (TPSA) is 75.9 Å². The van der Waals surface area contributed by atoms with Crippen LogP contribution >= 0.6 is 0 Å². The Kier molecular flexibility index (Phi) is 5.58. The van der Waals surface area contributed by atoms with Crippen LogP contribution in [0.25, 0.3) is 0 Å². The van der Waals surface area contributed by atoms with Crippen LogP contribution in [0.4, 0.5) is 4.79 Å². The second-order valence-corrected chi connectivity index (χ2v) is 7.15. The number of carbonyl (C=O) groups is 2. The van der Waals surface area contributed by atoms with E-state index in [-0.39, 0.29) is 12.0 Å². The molecule has 2 fully saturated rings. The van der Waals surface area contributed by atoms with Crippen molar-refractivity contribution in [2.45, 2.75) is 44.9 Å². The summed E-state index contributed by atoms with van der Waals surface area (Å²) in [5.41, 5.74) is 6.68. The second-order valence-electron chi connectivity index (χ2n) is 7.15. The maximum atomic E-state index is 12.5. The predicted octanol–water partition coefficient (Wildman–Crippen LogP) is 1.98. The van der Waals surface area contributed by atoms with Crippen LogP contribution in [0.5, 0.6) is 0 Å². The Bertz CT molecular complexity index is 601. The van der Waals surface area contributed by atoms with Gasteiger partial charge >= 0.3 is 6.09 Å². The Hall–Kier alpha value is -2.08. The number of rotatable bonds is 6. The van der Waals surface area contributed by atoms with Crippen molar-refractivity contribution < 1.29 is 14.3 Å². The highest BCUT2D eigenvalue weighted by Gasteiger charge is 2.37. The van der Waals surface area contributed by atoms with Gasteiger partial charge in [-0.1, -0.05) is 30.3 Å². The van der Waals surface area contributed by atoms with Crippen molar-refractivity contribution in [3.63, 3.8) is 0 Å². The number of nitrogens with two attached hydrogens (primary N) is 1. The molecule has 1 aromatic rings. The summed E-state index contributed by atoms with van der Waals surface area (Å²) in [6.07, 6.45) is 2.74. The smallest absolute Gasteiger partial charge is 0.410 e. The fraction of sp³-hybridized carbons (Fsp3) is 0.579. The van der Waals surface area contributed by atoms with Crippen LogP contribution in [0.15, 0.2) is 30.3 Å². The predicted molar refractivity (Wildman–Crippen MR) is 94.7 cm³/mol. The van der Waals surface area contributed by atoms with Gasteiger partial charge in [-0.2, -0.15) is 0 Å². The van der Waals surface area contributed by atoms with Gasteiger partial charge < -0.3 is 20.3 Å². The van der Waals surface area contributed by atoms with Crippen LogP contribution in [0, 0.1) is 5.92 Å². The summed E-state index contributed by atoms with van der Waals surface area (Å²) in [5.74, 6) is 0.291. The molecule has 2 atom stereocenters. The van der Waals surface area contributed by atoms with E-state index in [1.165, 1.54) is 0 Å². The number of hydrogen-bond acceptors (Lipinski definition) is 4. The standard InChI is InChI=1S/C19H27N3O3/c1-14(20)18(23)21-10-9-16(11-21)12-22(17-7-8-17)19(24)25-13-15-5-3-2-4-6-15/h2-6,14,16-17H,7-13,20H2,1H3/t14-,16?/m0/s1. The fourth-order valence-electron chi connectivity index (χ4n) is 3.31. The number of carbonyl (C=O) groups excluding carboxylic acids is 2. The van der Waals surface area contributed by atoms with E-state index in [1.807, 2.05) is 40.1 Å². The molecule has 136 valence electrons. The molecule has 1 aliphatic heterocycles. The zero-order chi connectivity index (χ0) is 17.8. The molecule has 1 heterocycles. The maximum Gasteiger partial charge on any atom is 0.410 e. The quantitative estimate of drug-likeness (QED) is 0.855. The summed E-state index contributed by atoms with van der Waals surface area (Å²) in [4.78, 5) is 28.2. The van der Waals surface area contributed by atoms with E-state index in [9.17, 15) is 9.59 Å². The van der Waals surface area contributed by atoms with Gasteiger partial charge in [0.25, 0.3) is 0 Å². The number of ether oxygens (including phenoxy) is 1. The molecule has 2 N–H and O–H groups in total. The lowest BCUT2D eigenvalue weighted by Gasteiger charge is -2.25. The van der Waals surface area contributed by atoms with Gasteiger partial charge in [-0.15, -0.1) is 0 Å². The van der Waals surface area contributed by atoms with Crippen LogP contribution < -0.4 is 5.73 Å². The minimum absolute atomic E-state index is 0.00729. The molecule has 25 heavy (non-hydrogen) atoms. The van der Waals surface area contributed by atoms with Gasteiger partial charge in [-0.3, -0.25) is 4.79 Å². The van der Waals surface area contributed by atoms with Crippen LogP contribution in [0.1, 0.15) is 31.7 Å². The molecular weight excluding hydrogens is 318 g/mol. The van der Waals surface area contributed by atoms with Crippen LogP contribution in [0.3, 0.4) is 0 Å². The van der Waals surface area contributed by atoms with Gasteiger partial charge in [0.05, 0.1) is 6.04 Å². The van der Waals surface area contributed by atoms with Gasteiger partial charge in [0, 0.05) is 25.7 Å². The molecule has 0 radical (unpaired) electrons. The Balaban J connectivity index is 1.52. The Morgan fingerprint density at radius 2 is 2.00 bits per heavy atom. The van der Waals surface area contributed by atoms with Crippen molar-refractivity contribution in [3.8, 4) is 0 Å². The minimum Gasteiger partial charge on any atom is -0.445 e. The first kappa shape index (κ1) is 17.7. The number of nitrogens with zero attached hydrogens (tertiary/aromatic N) is 2. The SMILES string of the molecule is C[C@H](N)C(=O)N1CCC(CN(C(=O)OCc2ccccc2)C2CC2)C1. The third-order valence-corrected chi connectivity index (χ3v) is 4.87. The Morgan fingerprint density at radius 3 is 2.64 bits per heavy atom. The van der Waals surface area contributed by atoms with Gasteiger partial charge in [0.15, 0.2) is 0 Å². The molecular formula is C19H27N3O3. The van der Waals surface area contributed by atoms with Crippen molar-refractivity contribution >= 4 is 12.0 Å². The number of benzene rings is 1. The first-order valence-electron chi connectivity index (χ1n) is 9.06. The molecule has 0 bridgehead atoms. The lowest BCUT2D eigenvalue weighted by molar-refractivity contribution is -0.131. The number of hydrogen-bond donors (Lipinski definition) is 1. The van der Waals surface area contributed by atoms with E-state index in [2.05, 4.69) is 0 Å². The molecule has 1 aliphatic carbocycles. The van der Waals surface area contributed by atoms with Crippen molar-refractivity contribution in [1.82, 2.24) is 9.80 Å². The van der Waals surface area contributed by atoms with E-state index in [4.69, 9.17) is 10.5 Å². The summed E-state index contributed by atoms with van der Waals surface area (Å²) in [7, 11) is 0. The van der Waals surface area contributed by atoms with Gasteiger partial charge in [0.1, 0.15) is 6.61 Å². The van der Waals surface area contributed by atoms with E-state index in [0.717, 1.165) is 31.4 Å². The zero-order valence-electron chi connectivity index (χ0n) is 14.8. The van der Waals surface area contributed by atoms with Crippen molar-refractivity contribution in [2.24, 2.45) is 11.7 Å². The van der Waals surface area contributed by atoms with Gasteiger partial charge in [-0.25, -0.2) is 4.79 Å². The minimum atomic E-state index is -0.464. The third-order valence-electron chi connectivity index (χ3n) is 4.87. The summed E-state index contributed by atoms with van der Waals surface area (Å²) >= 11 is 0. The molecule has 1 unspecified atom stereocenters. The van der Waals surface area contributed by atoms with Crippen molar-refractivity contribution in [1.29, 1.82) is 0 Å². The zero-order valence-corrected chi connectivity index (χ0v) is 14.8. The molecule has 3 rings (SSSR count). The van der Waals surface area contributed by atoms with E-state index < -0.39 is 6.04 Å². The van der Waals surface area contributed by atoms with E-state index in [1.54, 1.807) is 6.92 Å². The van der Waals surface area contributed by atoms with Crippen LogP contribution in [-0.2, 0) is 16.1 Å². The largest absolute Gasteiger partial charge is 0.445 e. The molecule has 0 aromatic heterocycles.